The monoisotopic (exact) mass is 408 g/mol. The van der Waals surface area contributed by atoms with Crippen LogP contribution in [0.3, 0.4) is 0 Å². The molecule has 0 spiro atoms. The lowest BCUT2D eigenvalue weighted by Crippen LogP contribution is -2.40. The number of ether oxygens (including phenoxy) is 1. The number of hydrogen-bond donors (Lipinski definition) is 2. The van der Waals surface area contributed by atoms with E-state index in [1.165, 1.54) is 0 Å². The van der Waals surface area contributed by atoms with Gasteiger partial charge in [-0.3, -0.25) is 4.79 Å². The van der Waals surface area contributed by atoms with E-state index in [1.807, 2.05) is 36.9 Å². The molecule has 0 radical (unpaired) electrons. The molecule has 0 bridgehead atoms. The number of fused-ring (bicyclic) bond motifs is 1. The van der Waals surface area contributed by atoms with Crippen LogP contribution in [0.15, 0.2) is 22.7 Å². The minimum atomic E-state index is -0.640. The van der Waals surface area contributed by atoms with Crippen molar-refractivity contribution in [2.24, 2.45) is 5.92 Å². The van der Waals surface area contributed by atoms with Crippen LogP contribution in [-0.2, 0) is 0 Å². The maximum Gasteiger partial charge on any atom is 0.270 e. The first-order chi connectivity index (χ1) is 11.8. The number of H-pyrrole nitrogens is 1. The summed E-state index contributed by atoms with van der Waals surface area (Å²) in [5, 5.41) is 10.9. The number of methoxy groups -OCH3 is 1. The van der Waals surface area contributed by atoms with Crippen LogP contribution in [0.2, 0.25) is 0 Å². The number of piperidine rings is 1. The zero-order valence-electron chi connectivity index (χ0n) is 14.9. The van der Waals surface area contributed by atoms with Gasteiger partial charge in [-0.05, 0) is 73.2 Å². The molecule has 136 valence electrons. The Kier molecular flexibility index (Phi) is 5.11. The van der Waals surface area contributed by atoms with Crippen molar-refractivity contribution in [2.45, 2.75) is 38.7 Å². The zero-order valence-corrected chi connectivity index (χ0v) is 16.5. The van der Waals surface area contributed by atoms with Crippen LogP contribution >= 0.6 is 15.9 Å². The molecule has 3 rings (SSSR count). The summed E-state index contributed by atoms with van der Waals surface area (Å²) < 4.78 is 6.17. The summed E-state index contributed by atoms with van der Waals surface area (Å²) >= 11 is 3.54. The summed E-state index contributed by atoms with van der Waals surface area (Å²) in [6.07, 6.45) is 2.66. The summed E-state index contributed by atoms with van der Waals surface area (Å²) in [6.45, 7) is 5.17. The SMILES string of the molecule is COc1ccc2[nH]c(C(=O)N3CCC(CC(C)(C)O)CC3)cc2c1Br. The number of hydrogen-bond acceptors (Lipinski definition) is 3. The maximum atomic E-state index is 12.8. The molecule has 2 N–H and O–H groups in total. The molecule has 1 amide bonds. The molecule has 0 aliphatic carbocycles. The number of likely N-dealkylation sites (tertiary alicyclic amines) is 1. The summed E-state index contributed by atoms with van der Waals surface area (Å²) in [4.78, 5) is 17.9. The van der Waals surface area contributed by atoms with Crippen LogP contribution in [0.5, 0.6) is 5.75 Å². The number of amides is 1. The highest BCUT2D eigenvalue weighted by molar-refractivity contribution is 9.10. The molecule has 0 atom stereocenters. The van der Waals surface area contributed by atoms with Gasteiger partial charge in [0.15, 0.2) is 0 Å². The van der Waals surface area contributed by atoms with Gasteiger partial charge in [-0.15, -0.1) is 0 Å². The largest absolute Gasteiger partial charge is 0.496 e. The topological polar surface area (TPSA) is 65.6 Å². The molecule has 0 saturated carbocycles. The molecule has 1 aliphatic heterocycles. The summed E-state index contributed by atoms with van der Waals surface area (Å²) in [7, 11) is 1.63. The van der Waals surface area contributed by atoms with Gasteiger partial charge in [-0.25, -0.2) is 0 Å². The van der Waals surface area contributed by atoms with Crippen LogP contribution in [0.25, 0.3) is 10.9 Å². The predicted octanol–water partition coefficient (Wildman–Crippen LogP) is 3.95. The van der Waals surface area contributed by atoms with Gasteiger partial charge in [0, 0.05) is 24.0 Å². The fourth-order valence-corrected chi connectivity index (χ4v) is 4.26. The molecule has 1 aromatic heterocycles. The smallest absolute Gasteiger partial charge is 0.270 e. The van der Waals surface area contributed by atoms with E-state index in [0.717, 1.165) is 53.5 Å². The molecule has 25 heavy (non-hydrogen) atoms. The summed E-state index contributed by atoms with van der Waals surface area (Å²) in [6, 6.07) is 5.68. The lowest BCUT2D eigenvalue weighted by molar-refractivity contribution is 0.0357. The van der Waals surface area contributed by atoms with Gasteiger partial charge in [-0.2, -0.15) is 0 Å². The van der Waals surface area contributed by atoms with E-state index < -0.39 is 5.60 Å². The van der Waals surface area contributed by atoms with Crippen molar-refractivity contribution in [3.05, 3.63) is 28.4 Å². The van der Waals surface area contributed by atoms with E-state index >= 15 is 0 Å². The minimum absolute atomic E-state index is 0.0313. The molecule has 1 saturated heterocycles. The molecule has 2 aromatic rings. The number of aromatic nitrogens is 1. The quantitative estimate of drug-likeness (QED) is 0.804. The van der Waals surface area contributed by atoms with E-state index in [-0.39, 0.29) is 5.91 Å². The highest BCUT2D eigenvalue weighted by atomic mass is 79.9. The number of carbonyl (C=O) groups excluding carboxylic acids is 1. The van der Waals surface area contributed by atoms with Crippen molar-refractivity contribution < 1.29 is 14.6 Å². The molecular weight excluding hydrogens is 384 g/mol. The summed E-state index contributed by atoms with van der Waals surface area (Å²) in [5.41, 5.74) is 0.872. The number of nitrogens with zero attached hydrogens (tertiary/aromatic N) is 1. The molecule has 5 nitrogen and oxygen atoms in total. The van der Waals surface area contributed by atoms with E-state index in [2.05, 4.69) is 20.9 Å². The Bertz CT molecular complexity index is 771. The Balaban J connectivity index is 1.72. The Hall–Kier alpha value is -1.53. The van der Waals surface area contributed by atoms with Gasteiger partial charge in [0.1, 0.15) is 11.4 Å². The Morgan fingerprint density at radius 3 is 2.68 bits per heavy atom. The Labute approximate surface area is 156 Å². The lowest BCUT2D eigenvalue weighted by atomic mass is 9.86. The average Bonchev–Trinajstić information content (AvgIpc) is 2.99. The van der Waals surface area contributed by atoms with Crippen molar-refractivity contribution >= 4 is 32.7 Å². The van der Waals surface area contributed by atoms with Gasteiger partial charge in [-0.1, -0.05) is 0 Å². The first kappa shape index (κ1) is 18.3. The number of aromatic amines is 1. The normalized spacial score (nSPS) is 16.4. The Morgan fingerprint density at radius 2 is 2.08 bits per heavy atom. The fraction of sp³-hybridized carbons (Fsp3) is 0.526. The van der Waals surface area contributed by atoms with Crippen molar-refractivity contribution in [2.75, 3.05) is 20.2 Å². The van der Waals surface area contributed by atoms with Crippen molar-refractivity contribution in [3.8, 4) is 5.75 Å². The van der Waals surface area contributed by atoms with E-state index in [1.54, 1.807) is 7.11 Å². The third kappa shape index (κ3) is 4.01. The minimum Gasteiger partial charge on any atom is -0.496 e. The maximum absolute atomic E-state index is 12.8. The third-order valence-corrected chi connectivity index (χ3v) is 5.66. The van der Waals surface area contributed by atoms with Crippen LogP contribution in [0.1, 0.15) is 43.6 Å². The van der Waals surface area contributed by atoms with E-state index in [4.69, 9.17) is 4.74 Å². The average molecular weight is 409 g/mol. The second kappa shape index (κ2) is 7.00. The molecular formula is C19H25BrN2O3. The molecule has 0 unspecified atom stereocenters. The first-order valence-electron chi connectivity index (χ1n) is 8.65. The number of halogens is 1. The number of benzene rings is 1. The van der Waals surface area contributed by atoms with Crippen molar-refractivity contribution in [1.29, 1.82) is 0 Å². The number of aliphatic hydroxyl groups is 1. The van der Waals surface area contributed by atoms with Crippen molar-refractivity contribution in [1.82, 2.24) is 9.88 Å². The molecule has 6 heteroatoms. The Morgan fingerprint density at radius 1 is 1.40 bits per heavy atom. The predicted molar refractivity (Wildman–Crippen MR) is 102 cm³/mol. The van der Waals surface area contributed by atoms with Gasteiger partial charge in [0.2, 0.25) is 0 Å². The number of carbonyl (C=O) groups is 1. The summed E-state index contributed by atoms with van der Waals surface area (Å²) in [5.74, 6) is 1.26. The second-order valence-corrected chi connectivity index (χ2v) is 8.27. The molecule has 1 aliphatic rings. The van der Waals surface area contributed by atoms with Crippen molar-refractivity contribution in [3.63, 3.8) is 0 Å². The van der Waals surface area contributed by atoms with E-state index in [0.29, 0.717) is 11.6 Å². The van der Waals surface area contributed by atoms with Gasteiger partial charge < -0.3 is 19.7 Å². The standard InChI is InChI=1S/C19H25BrN2O3/c1-19(2,24)11-12-6-8-22(9-7-12)18(23)15-10-13-14(21-15)4-5-16(25-3)17(13)20/h4-5,10,12,21,24H,6-9,11H2,1-3H3. The van der Waals surface area contributed by atoms with Gasteiger partial charge >= 0.3 is 0 Å². The molecule has 1 aromatic carbocycles. The fourth-order valence-electron chi connectivity index (χ4n) is 3.64. The highest BCUT2D eigenvalue weighted by Crippen LogP contribution is 2.34. The molecule has 1 fully saturated rings. The third-order valence-electron chi connectivity index (χ3n) is 4.84. The van der Waals surface area contributed by atoms with E-state index in [9.17, 15) is 9.90 Å². The molecule has 2 heterocycles. The van der Waals surface area contributed by atoms with Crippen LogP contribution in [-0.4, -0.2) is 46.7 Å². The van der Waals surface area contributed by atoms with Gasteiger partial charge in [0.05, 0.1) is 17.2 Å². The number of rotatable bonds is 4. The number of nitrogens with one attached hydrogen (secondary N) is 1. The second-order valence-electron chi connectivity index (χ2n) is 7.48. The van der Waals surface area contributed by atoms with Crippen LogP contribution < -0.4 is 4.74 Å². The highest BCUT2D eigenvalue weighted by Gasteiger charge is 2.28. The van der Waals surface area contributed by atoms with Crippen LogP contribution in [0, 0.1) is 5.92 Å². The zero-order chi connectivity index (χ0) is 18.2. The van der Waals surface area contributed by atoms with Crippen LogP contribution in [0.4, 0.5) is 0 Å². The van der Waals surface area contributed by atoms with Gasteiger partial charge in [0.25, 0.3) is 5.91 Å². The lowest BCUT2D eigenvalue weighted by Gasteiger charge is -2.34. The first-order valence-corrected chi connectivity index (χ1v) is 9.44.